The smallest absolute Gasteiger partial charge is 0.413 e. The molecule has 3 aromatic rings. The van der Waals surface area contributed by atoms with Gasteiger partial charge in [-0.05, 0) is 39.9 Å². The van der Waals surface area contributed by atoms with Crippen molar-refractivity contribution in [2.75, 3.05) is 19.9 Å². The molecule has 0 bridgehead atoms. The number of hydrogen-bond donors (Lipinski definition) is 0. The number of carbonyl (C=O) groups is 2. The van der Waals surface area contributed by atoms with Gasteiger partial charge in [0.1, 0.15) is 25.0 Å². The van der Waals surface area contributed by atoms with Crippen molar-refractivity contribution in [1.82, 2.24) is 4.90 Å². The summed E-state index contributed by atoms with van der Waals surface area (Å²) in [6.07, 6.45) is 1.46. The number of ether oxygens (including phenoxy) is 3. The first-order valence-electron chi connectivity index (χ1n) is 11.3. The lowest BCUT2D eigenvalue weighted by atomic mass is 9.98. The van der Waals surface area contributed by atoms with Crippen molar-refractivity contribution in [2.24, 2.45) is 0 Å². The number of benzene rings is 3. The van der Waals surface area contributed by atoms with Crippen molar-refractivity contribution < 1.29 is 23.8 Å². The van der Waals surface area contributed by atoms with E-state index in [2.05, 4.69) is 30.8 Å². The number of hydrogen-bond acceptors (Lipinski definition) is 5. The van der Waals surface area contributed by atoms with Gasteiger partial charge < -0.3 is 14.2 Å². The molecule has 34 heavy (non-hydrogen) atoms. The highest BCUT2D eigenvalue weighted by Gasteiger charge is 2.39. The molecule has 1 aliphatic carbocycles. The normalized spacial score (nSPS) is 16.5. The molecule has 0 spiro atoms. The van der Waals surface area contributed by atoms with Crippen LogP contribution in [0.2, 0.25) is 0 Å². The van der Waals surface area contributed by atoms with Gasteiger partial charge in [-0.1, -0.05) is 73.3 Å². The van der Waals surface area contributed by atoms with Crippen LogP contribution in [-0.4, -0.2) is 42.9 Å². The lowest BCUT2D eigenvalue weighted by molar-refractivity contribution is -0.139. The third kappa shape index (κ3) is 4.15. The van der Waals surface area contributed by atoms with Crippen LogP contribution in [0, 0.1) is 0 Å². The third-order valence-corrected chi connectivity index (χ3v) is 6.29. The Morgan fingerprint density at radius 3 is 2.29 bits per heavy atom. The number of esters is 1. The molecule has 1 aliphatic heterocycles. The first-order valence-corrected chi connectivity index (χ1v) is 11.3. The second-order valence-corrected chi connectivity index (χ2v) is 8.33. The predicted molar refractivity (Wildman–Crippen MR) is 127 cm³/mol. The van der Waals surface area contributed by atoms with Gasteiger partial charge in [-0.2, -0.15) is 0 Å². The molecule has 1 fully saturated rings. The van der Waals surface area contributed by atoms with Crippen LogP contribution >= 0.6 is 0 Å². The maximum Gasteiger partial charge on any atom is 0.413 e. The molecule has 0 saturated carbocycles. The quantitative estimate of drug-likeness (QED) is 0.373. The van der Waals surface area contributed by atoms with E-state index in [0.717, 1.165) is 27.8 Å². The molecule has 1 atom stereocenters. The van der Waals surface area contributed by atoms with E-state index >= 15 is 0 Å². The van der Waals surface area contributed by atoms with Gasteiger partial charge >= 0.3 is 12.1 Å². The van der Waals surface area contributed by atoms with Crippen LogP contribution in [0.5, 0.6) is 5.75 Å². The van der Waals surface area contributed by atoms with Crippen LogP contribution in [0.25, 0.3) is 11.1 Å². The minimum Gasteiger partial charge on any atom is -0.490 e. The van der Waals surface area contributed by atoms with E-state index in [1.165, 1.54) is 4.90 Å². The average Bonchev–Trinajstić information content (AvgIpc) is 3.40. The van der Waals surface area contributed by atoms with E-state index in [1.807, 2.05) is 48.5 Å². The molecule has 6 heteroatoms. The van der Waals surface area contributed by atoms with Crippen molar-refractivity contribution in [1.29, 1.82) is 0 Å². The summed E-state index contributed by atoms with van der Waals surface area (Å²) in [5.74, 6) is 0.240. The van der Waals surface area contributed by atoms with Crippen LogP contribution in [0.4, 0.5) is 4.79 Å². The van der Waals surface area contributed by atoms with Crippen LogP contribution in [-0.2, 0) is 20.7 Å². The summed E-state index contributed by atoms with van der Waals surface area (Å²) in [5.41, 5.74) is 5.50. The summed E-state index contributed by atoms with van der Waals surface area (Å²) in [7, 11) is 0. The number of nitrogens with zero attached hydrogens (tertiary/aromatic N) is 1. The van der Waals surface area contributed by atoms with Crippen LogP contribution in [0.15, 0.2) is 85.5 Å². The Kier molecular flexibility index (Phi) is 6.04. The average molecular weight is 456 g/mol. The molecular weight excluding hydrogens is 430 g/mol. The Morgan fingerprint density at radius 1 is 1.00 bits per heavy atom. The highest BCUT2D eigenvalue weighted by molar-refractivity contribution is 5.84. The Hall–Kier alpha value is -4.06. The fraction of sp³-hybridized carbons (Fsp3) is 0.214. The van der Waals surface area contributed by atoms with Gasteiger partial charge in [0.15, 0.2) is 6.73 Å². The van der Waals surface area contributed by atoms with Crippen LogP contribution < -0.4 is 4.74 Å². The van der Waals surface area contributed by atoms with Crippen molar-refractivity contribution in [2.45, 2.75) is 18.4 Å². The third-order valence-electron chi connectivity index (χ3n) is 6.29. The van der Waals surface area contributed by atoms with E-state index in [1.54, 1.807) is 6.08 Å². The standard InChI is InChI=1S/C28H25NO5/c1-2-15-32-20-13-11-19(12-14-20)16-26-27(30)34-18-29(26)28(31)33-17-25-23-9-5-3-7-21(23)22-8-4-6-10-24(22)25/h2-14,25-26H,1,15-18H2/t26-/m0/s1. The SMILES string of the molecule is C=CCOc1ccc(C[C@H]2C(=O)OCN2C(=O)OCC2c3ccccc3-c3ccccc32)cc1. The van der Waals surface area contributed by atoms with Crippen molar-refractivity contribution in [3.63, 3.8) is 0 Å². The first kappa shape index (κ1) is 21.8. The molecule has 3 aromatic carbocycles. The molecular formula is C28H25NO5. The summed E-state index contributed by atoms with van der Waals surface area (Å²) in [6.45, 7) is 4.14. The zero-order valence-electron chi connectivity index (χ0n) is 18.7. The van der Waals surface area contributed by atoms with Gasteiger partial charge in [0.2, 0.25) is 0 Å². The number of fused-ring (bicyclic) bond motifs is 3. The highest BCUT2D eigenvalue weighted by Crippen LogP contribution is 2.44. The Labute approximate surface area is 198 Å². The van der Waals surface area contributed by atoms with Gasteiger partial charge in [-0.15, -0.1) is 0 Å². The summed E-state index contributed by atoms with van der Waals surface area (Å²) in [5, 5.41) is 0. The molecule has 1 heterocycles. The second kappa shape index (κ2) is 9.43. The van der Waals surface area contributed by atoms with Crippen molar-refractivity contribution in [3.8, 4) is 16.9 Å². The van der Waals surface area contributed by atoms with E-state index < -0.39 is 18.1 Å². The van der Waals surface area contributed by atoms with E-state index in [-0.39, 0.29) is 19.3 Å². The fourth-order valence-corrected chi connectivity index (χ4v) is 4.60. The number of rotatable bonds is 7. The molecule has 172 valence electrons. The second-order valence-electron chi connectivity index (χ2n) is 8.33. The van der Waals surface area contributed by atoms with Gasteiger partial charge in [0, 0.05) is 12.3 Å². The Morgan fingerprint density at radius 2 is 1.65 bits per heavy atom. The number of carbonyl (C=O) groups excluding carboxylic acids is 2. The van der Waals surface area contributed by atoms with Crippen LogP contribution in [0.1, 0.15) is 22.6 Å². The van der Waals surface area contributed by atoms with E-state index in [0.29, 0.717) is 18.8 Å². The summed E-state index contributed by atoms with van der Waals surface area (Å²) >= 11 is 0. The molecule has 0 N–H and O–H groups in total. The predicted octanol–water partition coefficient (Wildman–Crippen LogP) is 4.93. The minimum atomic E-state index is -0.726. The summed E-state index contributed by atoms with van der Waals surface area (Å²) < 4.78 is 16.4. The monoisotopic (exact) mass is 455 g/mol. The molecule has 1 saturated heterocycles. The molecule has 0 aromatic heterocycles. The largest absolute Gasteiger partial charge is 0.490 e. The fourth-order valence-electron chi connectivity index (χ4n) is 4.60. The van der Waals surface area contributed by atoms with Crippen LogP contribution in [0.3, 0.4) is 0 Å². The van der Waals surface area contributed by atoms with E-state index in [9.17, 15) is 9.59 Å². The maximum atomic E-state index is 13.0. The van der Waals surface area contributed by atoms with Gasteiger partial charge in [0.05, 0.1) is 0 Å². The number of cyclic esters (lactones) is 1. The van der Waals surface area contributed by atoms with Gasteiger partial charge in [0.25, 0.3) is 0 Å². The maximum absolute atomic E-state index is 13.0. The minimum absolute atomic E-state index is 0.0443. The van der Waals surface area contributed by atoms with E-state index in [4.69, 9.17) is 14.2 Å². The lowest BCUT2D eigenvalue weighted by Gasteiger charge is -2.21. The van der Waals surface area contributed by atoms with Gasteiger partial charge in [-0.25, -0.2) is 9.59 Å². The molecule has 5 rings (SSSR count). The zero-order chi connectivity index (χ0) is 23.5. The highest BCUT2D eigenvalue weighted by atomic mass is 16.6. The molecule has 6 nitrogen and oxygen atoms in total. The Bertz CT molecular complexity index is 1170. The summed E-state index contributed by atoms with van der Waals surface area (Å²) in [6, 6.07) is 23.0. The van der Waals surface area contributed by atoms with Crippen molar-refractivity contribution in [3.05, 3.63) is 102 Å². The molecule has 2 aliphatic rings. The van der Waals surface area contributed by atoms with Gasteiger partial charge in [-0.3, -0.25) is 4.90 Å². The number of amides is 1. The summed E-state index contributed by atoms with van der Waals surface area (Å²) in [4.78, 5) is 26.7. The zero-order valence-corrected chi connectivity index (χ0v) is 18.7. The molecule has 0 unspecified atom stereocenters. The Balaban J connectivity index is 1.26. The van der Waals surface area contributed by atoms with Crippen molar-refractivity contribution >= 4 is 12.1 Å². The molecule has 1 amide bonds. The lowest BCUT2D eigenvalue weighted by Crippen LogP contribution is -2.40. The first-order chi connectivity index (χ1) is 16.7. The molecule has 0 radical (unpaired) electrons. The topological polar surface area (TPSA) is 65.1 Å².